The first kappa shape index (κ1) is 33.2. The van der Waals surface area contributed by atoms with Gasteiger partial charge >= 0.3 is 0 Å². The van der Waals surface area contributed by atoms with Crippen LogP contribution in [0.5, 0.6) is 5.75 Å². The molecule has 0 unspecified atom stereocenters. The molecule has 4 aromatic rings. The minimum Gasteiger partial charge on any atom is -0.497 e. The molecule has 1 N–H and O–H groups in total. The number of aliphatic hydroxyl groups is 1. The molecule has 0 saturated carbocycles. The van der Waals surface area contributed by atoms with Crippen LogP contribution in [0.4, 0.5) is 11.4 Å². The van der Waals surface area contributed by atoms with Crippen LogP contribution in [0.2, 0.25) is 18.6 Å². The highest BCUT2D eigenvalue weighted by molar-refractivity contribution is 14.1. The number of aliphatic hydroxyl groups excluding tert-OH is 1. The number of nitro groups is 1. The molecule has 1 fully saturated rings. The fourth-order valence-corrected chi connectivity index (χ4v) is 12.3. The number of rotatable bonds is 11. The van der Waals surface area contributed by atoms with Crippen molar-refractivity contribution in [3.8, 4) is 5.75 Å². The first-order valence-electron chi connectivity index (χ1n) is 15.7. The lowest BCUT2D eigenvalue weighted by atomic mass is 9.82. The van der Waals surface area contributed by atoms with Crippen molar-refractivity contribution in [2.24, 2.45) is 5.92 Å². The minimum absolute atomic E-state index is 0.0134. The predicted molar refractivity (Wildman–Crippen MR) is 188 cm³/mol. The molecule has 1 aromatic heterocycles. The Morgan fingerprint density at radius 3 is 2.60 bits per heavy atom. The first-order valence-corrected chi connectivity index (χ1v) is 19.8. The van der Waals surface area contributed by atoms with Crippen LogP contribution in [0.1, 0.15) is 30.2 Å². The van der Waals surface area contributed by atoms with E-state index in [-0.39, 0.29) is 35.8 Å². The topological polar surface area (TPSA) is 133 Å². The van der Waals surface area contributed by atoms with Gasteiger partial charge < -0.3 is 19.5 Å². The van der Waals surface area contributed by atoms with Crippen LogP contribution >= 0.6 is 22.6 Å². The molecule has 13 heteroatoms. The molecular formula is C34H38IN5O6Si. The summed E-state index contributed by atoms with van der Waals surface area (Å²) in [5, 5.41) is 31.0. The molecule has 1 saturated heterocycles. The lowest BCUT2D eigenvalue weighted by Crippen LogP contribution is -2.51. The maximum Gasteiger partial charge on any atom is 0.269 e. The molecule has 0 aliphatic carbocycles. The SMILES string of the molecule is COc1ccc([Si](C)(C)[C@@H]2[C@@H](CCn3cc(CCO)nn3)O[C@]3(C(=O)N(Cc4cccc(I)c4)c4ccc([N+](=O)[O-])cc43)[C@H]2C)cc1. The summed E-state index contributed by atoms with van der Waals surface area (Å²) in [5.41, 5.74) is 1.33. The van der Waals surface area contributed by atoms with Crippen molar-refractivity contribution >= 4 is 53.1 Å². The summed E-state index contributed by atoms with van der Waals surface area (Å²) in [6.07, 6.45) is 2.45. The van der Waals surface area contributed by atoms with Crippen LogP contribution in [0, 0.1) is 19.6 Å². The third kappa shape index (κ3) is 5.98. The molecule has 0 bridgehead atoms. The van der Waals surface area contributed by atoms with Crippen LogP contribution in [0.15, 0.2) is 72.9 Å². The fourth-order valence-electron chi connectivity index (χ4n) is 7.60. The van der Waals surface area contributed by atoms with Crippen LogP contribution in [-0.2, 0) is 34.6 Å². The van der Waals surface area contributed by atoms with Gasteiger partial charge in [-0.05, 0) is 70.4 Å². The molecule has 246 valence electrons. The average Bonchev–Trinajstić information content (AvgIpc) is 3.70. The lowest BCUT2D eigenvalue weighted by molar-refractivity contribution is -0.385. The van der Waals surface area contributed by atoms with Gasteiger partial charge in [-0.1, -0.05) is 54.7 Å². The smallest absolute Gasteiger partial charge is 0.269 e. The van der Waals surface area contributed by atoms with Crippen LogP contribution < -0.4 is 14.8 Å². The molecule has 4 atom stereocenters. The number of hydrogen-bond donors (Lipinski definition) is 1. The summed E-state index contributed by atoms with van der Waals surface area (Å²) in [6, 6.07) is 20.8. The van der Waals surface area contributed by atoms with Crippen molar-refractivity contribution in [3.05, 3.63) is 103 Å². The number of aromatic nitrogens is 3. The number of anilines is 1. The van der Waals surface area contributed by atoms with E-state index in [1.54, 1.807) is 28.8 Å². The molecule has 1 amide bonds. The quantitative estimate of drug-likeness (QED) is 0.0956. The largest absolute Gasteiger partial charge is 0.497 e. The zero-order valence-corrected chi connectivity index (χ0v) is 30.0. The van der Waals surface area contributed by atoms with Gasteiger partial charge in [0.15, 0.2) is 5.60 Å². The summed E-state index contributed by atoms with van der Waals surface area (Å²) in [6.45, 7) is 7.49. The molecule has 3 heterocycles. The van der Waals surface area contributed by atoms with Gasteiger partial charge in [0.25, 0.3) is 11.6 Å². The average molecular weight is 768 g/mol. The van der Waals surface area contributed by atoms with Crippen molar-refractivity contribution in [2.75, 3.05) is 18.6 Å². The van der Waals surface area contributed by atoms with Gasteiger partial charge in [-0.2, -0.15) is 0 Å². The van der Waals surface area contributed by atoms with Crippen LogP contribution in [-0.4, -0.2) is 58.8 Å². The number of ether oxygens (including phenoxy) is 2. The molecule has 2 aliphatic heterocycles. The molecule has 6 rings (SSSR count). The van der Waals surface area contributed by atoms with E-state index >= 15 is 0 Å². The zero-order chi connectivity index (χ0) is 33.5. The third-order valence-electron chi connectivity index (χ3n) is 9.86. The molecular weight excluding hydrogens is 729 g/mol. The van der Waals surface area contributed by atoms with E-state index in [4.69, 9.17) is 9.47 Å². The minimum atomic E-state index is -2.40. The van der Waals surface area contributed by atoms with Crippen LogP contribution in [0.3, 0.4) is 0 Å². The molecule has 2 aliphatic rings. The number of nitro benzene ring substituents is 1. The molecule has 11 nitrogen and oxygen atoms in total. The van der Waals surface area contributed by atoms with E-state index in [9.17, 15) is 20.0 Å². The standard InChI is InChI=1S/C34H38IN5O6Si/c1-22-32(47(3,4)28-11-9-27(45-2)10-12-28)31(14-16-38-21-25(15-17-41)36-37-38)46-34(22)29-19-26(40(43)44)8-13-30(29)39(33(34)42)20-23-6-5-7-24(35)18-23/h5-13,18-19,21-22,31-32,41H,14-17,20H2,1-4H3/t22-,31+,32-,34+/m0/s1. The van der Waals surface area contributed by atoms with Crippen molar-refractivity contribution in [3.63, 3.8) is 0 Å². The Bertz CT molecular complexity index is 1800. The van der Waals surface area contributed by atoms with Crippen molar-refractivity contribution < 1.29 is 24.3 Å². The highest BCUT2D eigenvalue weighted by Gasteiger charge is 2.66. The Morgan fingerprint density at radius 1 is 1.15 bits per heavy atom. The van der Waals surface area contributed by atoms with Gasteiger partial charge in [-0.3, -0.25) is 19.6 Å². The Kier molecular flexibility index (Phi) is 9.26. The highest BCUT2D eigenvalue weighted by Crippen LogP contribution is 2.60. The van der Waals surface area contributed by atoms with E-state index in [0.717, 1.165) is 14.9 Å². The maximum atomic E-state index is 14.9. The van der Waals surface area contributed by atoms with Gasteiger partial charge in [0.1, 0.15) is 5.75 Å². The van der Waals surface area contributed by atoms with E-state index in [1.807, 2.05) is 42.6 Å². The number of carbonyl (C=O) groups is 1. The highest BCUT2D eigenvalue weighted by atomic mass is 127. The maximum absolute atomic E-state index is 14.9. The molecule has 1 spiro atoms. The van der Waals surface area contributed by atoms with Gasteiger partial charge in [-0.25, -0.2) is 0 Å². The summed E-state index contributed by atoms with van der Waals surface area (Å²) >= 11 is 2.26. The fraction of sp³-hybridized carbons (Fsp3) is 0.382. The van der Waals surface area contributed by atoms with Gasteiger partial charge in [-0.15, -0.1) is 5.10 Å². The second-order valence-corrected chi connectivity index (χ2v) is 18.8. The summed E-state index contributed by atoms with van der Waals surface area (Å²) in [5.74, 6) is 0.272. The summed E-state index contributed by atoms with van der Waals surface area (Å²) < 4.78 is 15.4. The number of benzene rings is 3. The number of fused-ring (bicyclic) bond motifs is 2. The number of hydrogen-bond acceptors (Lipinski definition) is 8. The second-order valence-electron chi connectivity index (χ2n) is 12.9. The second kappa shape index (κ2) is 13.1. The Hall–Kier alpha value is -3.66. The third-order valence-corrected chi connectivity index (χ3v) is 14.9. The number of non-ortho nitro benzene ring substituents is 1. The van der Waals surface area contributed by atoms with Crippen LogP contribution in [0.25, 0.3) is 0 Å². The van der Waals surface area contributed by atoms with Gasteiger partial charge in [0, 0.05) is 53.0 Å². The van der Waals surface area contributed by atoms with Crippen molar-refractivity contribution in [1.82, 2.24) is 15.0 Å². The zero-order valence-electron chi connectivity index (χ0n) is 26.8. The Balaban J connectivity index is 1.45. The van der Waals surface area contributed by atoms with Gasteiger partial charge in [0.05, 0.1) is 44.1 Å². The number of amides is 1. The summed E-state index contributed by atoms with van der Waals surface area (Å²) in [4.78, 5) is 28.3. The molecule has 47 heavy (non-hydrogen) atoms. The first-order chi connectivity index (χ1) is 22.5. The summed E-state index contributed by atoms with van der Waals surface area (Å²) in [7, 11) is -0.758. The number of aryl methyl sites for hydroxylation is 1. The monoisotopic (exact) mass is 767 g/mol. The molecule has 0 radical (unpaired) electrons. The number of halogens is 1. The number of nitrogens with zero attached hydrogens (tertiary/aromatic N) is 5. The lowest BCUT2D eigenvalue weighted by Gasteiger charge is -2.37. The van der Waals surface area contributed by atoms with E-state index < -0.39 is 18.6 Å². The number of carbonyl (C=O) groups excluding carboxylic acids is 1. The number of methoxy groups -OCH3 is 1. The van der Waals surface area contributed by atoms with E-state index in [2.05, 4.69) is 65.1 Å². The molecule has 3 aromatic carbocycles. The normalized spacial score (nSPS) is 22.2. The van der Waals surface area contributed by atoms with Crippen molar-refractivity contribution in [2.45, 2.75) is 63.2 Å². The van der Waals surface area contributed by atoms with E-state index in [1.165, 1.54) is 11.3 Å². The predicted octanol–water partition coefficient (Wildman–Crippen LogP) is 5.19. The Labute approximate surface area is 288 Å². The Morgan fingerprint density at radius 2 is 1.91 bits per heavy atom. The van der Waals surface area contributed by atoms with E-state index in [0.29, 0.717) is 42.9 Å². The van der Waals surface area contributed by atoms with Crippen molar-refractivity contribution in [1.29, 1.82) is 0 Å². The van der Waals surface area contributed by atoms with Gasteiger partial charge in [0.2, 0.25) is 0 Å².